The summed E-state index contributed by atoms with van der Waals surface area (Å²) in [5, 5.41) is 0. The van der Waals surface area contributed by atoms with Gasteiger partial charge in [-0.05, 0) is 31.6 Å². The molecule has 0 saturated heterocycles. The van der Waals surface area contributed by atoms with E-state index in [2.05, 4.69) is 32.1 Å². The first-order chi connectivity index (χ1) is 7.50. The number of rotatable bonds is 3. The Kier molecular flexibility index (Phi) is 4.78. The highest BCUT2D eigenvalue weighted by Gasteiger charge is 2.17. The zero-order chi connectivity index (χ0) is 12.1. The summed E-state index contributed by atoms with van der Waals surface area (Å²) in [5.41, 5.74) is 1.51. The average Bonchev–Trinajstić information content (AvgIpc) is 2.20. The first-order valence-electron chi connectivity index (χ1n) is 6.04. The molecule has 2 unspecified atom stereocenters. The van der Waals surface area contributed by atoms with Gasteiger partial charge in [0.2, 0.25) is 5.91 Å². The Bertz CT molecular complexity index is 304. The number of likely N-dealkylation sites (N-methyl/N-ethyl adjacent to an activating group) is 1. The molecule has 0 aliphatic heterocycles. The molecule has 1 aliphatic rings. The highest BCUT2D eigenvalue weighted by Crippen LogP contribution is 2.29. The van der Waals surface area contributed by atoms with Gasteiger partial charge in [-0.25, -0.2) is 0 Å². The molecule has 0 aromatic rings. The van der Waals surface area contributed by atoms with Gasteiger partial charge in [0, 0.05) is 20.5 Å². The van der Waals surface area contributed by atoms with Gasteiger partial charge >= 0.3 is 0 Å². The highest BCUT2D eigenvalue weighted by atomic mass is 16.2. The van der Waals surface area contributed by atoms with Crippen molar-refractivity contribution in [1.82, 2.24) is 4.90 Å². The molecular weight excluding hydrogens is 198 g/mol. The summed E-state index contributed by atoms with van der Waals surface area (Å²) in [6.07, 6.45) is 9.08. The fourth-order valence-electron chi connectivity index (χ4n) is 2.10. The van der Waals surface area contributed by atoms with Gasteiger partial charge in [0.15, 0.2) is 0 Å². The molecule has 0 N–H and O–H groups in total. The monoisotopic (exact) mass is 221 g/mol. The van der Waals surface area contributed by atoms with Crippen LogP contribution in [0, 0.1) is 11.8 Å². The van der Waals surface area contributed by atoms with E-state index in [-0.39, 0.29) is 5.91 Å². The molecule has 1 aliphatic carbocycles. The van der Waals surface area contributed by atoms with Crippen LogP contribution < -0.4 is 0 Å². The van der Waals surface area contributed by atoms with Crippen molar-refractivity contribution in [3.63, 3.8) is 0 Å². The Labute approximate surface area is 99.0 Å². The maximum Gasteiger partial charge on any atom is 0.219 e. The van der Waals surface area contributed by atoms with E-state index < -0.39 is 0 Å². The molecular formula is C14H23NO. The lowest BCUT2D eigenvalue weighted by molar-refractivity contribution is -0.127. The number of nitrogens with zero attached hydrogens (tertiary/aromatic N) is 1. The van der Waals surface area contributed by atoms with E-state index >= 15 is 0 Å². The zero-order valence-electron chi connectivity index (χ0n) is 10.9. The number of hydrogen-bond acceptors (Lipinski definition) is 1. The van der Waals surface area contributed by atoms with Crippen molar-refractivity contribution in [2.24, 2.45) is 11.8 Å². The number of carbonyl (C=O) groups is 1. The number of amides is 1. The maximum absolute atomic E-state index is 11.0. The standard InChI is InChI=1S/C14H23NO/c1-11-7-8-14(12(2)10-11)6-5-9-15(4)13(3)16/h5-7,12,14H,8-10H2,1-4H3/b6-5-. The Morgan fingerprint density at radius 3 is 2.88 bits per heavy atom. The van der Waals surface area contributed by atoms with E-state index in [1.165, 1.54) is 12.0 Å². The van der Waals surface area contributed by atoms with Gasteiger partial charge in [0.1, 0.15) is 0 Å². The lowest BCUT2D eigenvalue weighted by Crippen LogP contribution is -2.24. The summed E-state index contributed by atoms with van der Waals surface area (Å²) in [4.78, 5) is 12.7. The molecule has 1 amide bonds. The highest BCUT2D eigenvalue weighted by molar-refractivity contribution is 5.72. The van der Waals surface area contributed by atoms with Crippen molar-refractivity contribution in [3.05, 3.63) is 23.8 Å². The van der Waals surface area contributed by atoms with Crippen LogP contribution in [0.15, 0.2) is 23.8 Å². The van der Waals surface area contributed by atoms with Crippen LogP contribution in [0.4, 0.5) is 0 Å². The van der Waals surface area contributed by atoms with Crippen LogP contribution >= 0.6 is 0 Å². The van der Waals surface area contributed by atoms with E-state index in [9.17, 15) is 4.79 Å². The molecule has 0 aromatic heterocycles. The summed E-state index contributed by atoms with van der Waals surface area (Å²) >= 11 is 0. The minimum atomic E-state index is 0.122. The number of carbonyl (C=O) groups excluding carboxylic acids is 1. The first-order valence-corrected chi connectivity index (χ1v) is 6.04. The Balaban J connectivity index is 2.43. The Hall–Kier alpha value is -1.05. The summed E-state index contributed by atoms with van der Waals surface area (Å²) < 4.78 is 0. The van der Waals surface area contributed by atoms with Crippen molar-refractivity contribution in [3.8, 4) is 0 Å². The third-order valence-electron chi connectivity index (χ3n) is 3.41. The molecule has 2 atom stereocenters. The third-order valence-corrected chi connectivity index (χ3v) is 3.41. The molecule has 0 aromatic carbocycles. The van der Waals surface area contributed by atoms with Crippen molar-refractivity contribution >= 4 is 5.91 Å². The smallest absolute Gasteiger partial charge is 0.219 e. The zero-order valence-corrected chi connectivity index (χ0v) is 10.9. The predicted octanol–water partition coefficient (Wildman–Crippen LogP) is 3.01. The molecule has 2 heteroatoms. The van der Waals surface area contributed by atoms with Gasteiger partial charge < -0.3 is 4.90 Å². The summed E-state index contributed by atoms with van der Waals surface area (Å²) in [5.74, 6) is 1.49. The second-order valence-corrected chi connectivity index (χ2v) is 4.96. The fourth-order valence-corrected chi connectivity index (χ4v) is 2.10. The lowest BCUT2D eigenvalue weighted by atomic mass is 9.81. The van der Waals surface area contributed by atoms with Gasteiger partial charge in [-0.15, -0.1) is 0 Å². The molecule has 0 saturated carbocycles. The van der Waals surface area contributed by atoms with Gasteiger partial charge in [-0.3, -0.25) is 4.79 Å². The SMILES string of the molecule is CC(=O)N(C)C/C=C\C1CC=C(C)CC1C. The molecule has 2 nitrogen and oxygen atoms in total. The number of hydrogen-bond donors (Lipinski definition) is 0. The first kappa shape index (κ1) is 13.0. The van der Waals surface area contributed by atoms with E-state index in [4.69, 9.17) is 0 Å². The van der Waals surface area contributed by atoms with Crippen molar-refractivity contribution in [2.45, 2.75) is 33.6 Å². The predicted molar refractivity (Wildman–Crippen MR) is 68.1 cm³/mol. The molecule has 0 fully saturated rings. The van der Waals surface area contributed by atoms with Gasteiger partial charge in [0.05, 0.1) is 0 Å². The molecule has 16 heavy (non-hydrogen) atoms. The minimum absolute atomic E-state index is 0.122. The van der Waals surface area contributed by atoms with E-state index in [1.807, 2.05) is 7.05 Å². The van der Waals surface area contributed by atoms with Crippen molar-refractivity contribution in [2.75, 3.05) is 13.6 Å². The number of allylic oxidation sites excluding steroid dienone is 3. The van der Waals surface area contributed by atoms with Gasteiger partial charge in [-0.1, -0.05) is 30.7 Å². The van der Waals surface area contributed by atoms with E-state index in [0.717, 1.165) is 18.9 Å². The summed E-state index contributed by atoms with van der Waals surface area (Å²) in [7, 11) is 1.83. The molecule has 0 spiro atoms. The van der Waals surface area contributed by atoms with E-state index in [0.29, 0.717) is 5.92 Å². The van der Waals surface area contributed by atoms with Crippen molar-refractivity contribution in [1.29, 1.82) is 0 Å². The van der Waals surface area contributed by atoms with Crippen LogP contribution in [0.25, 0.3) is 0 Å². The molecule has 0 heterocycles. The normalized spacial score (nSPS) is 25.6. The Morgan fingerprint density at radius 2 is 2.31 bits per heavy atom. The second-order valence-electron chi connectivity index (χ2n) is 4.96. The second kappa shape index (κ2) is 5.88. The molecule has 0 bridgehead atoms. The Morgan fingerprint density at radius 1 is 1.62 bits per heavy atom. The largest absolute Gasteiger partial charge is 0.342 e. The topological polar surface area (TPSA) is 20.3 Å². The van der Waals surface area contributed by atoms with Crippen LogP contribution in [0.5, 0.6) is 0 Å². The summed E-state index contributed by atoms with van der Waals surface area (Å²) in [6, 6.07) is 0. The third kappa shape index (κ3) is 3.84. The van der Waals surface area contributed by atoms with Crippen LogP contribution in [0.3, 0.4) is 0 Å². The van der Waals surface area contributed by atoms with Crippen LogP contribution in [0.1, 0.15) is 33.6 Å². The average molecular weight is 221 g/mol. The fraction of sp³-hybridized carbons (Fsp3) is 0.643. The van der Waals surface area contributed by atoms with Crippen LogP contribution in [0.2, 0.25) is 0 Å². The summed E-state index contributed by atoms with van der Waals surface area (Å²) in [6.45, 7) is 6.84. The van der Waals surface area contributed by atoms with E-state index in [1.54, 1.807) is 11.8 Å². The lowest BCUT2D eigenvalue weighted by Gasteiger charge is -2.25. The quantitative estimate of drug-likeness (QED) is 0.671. The molecule has 1 rings (SSSR count). The van der Waals surface area contributed by atoms with Crippen LogP contribution in [-0.4, -0.2) is 24.4 Å². The van der Waals surface area contributed by atoms with Gasteiger partial charge in [0.25, 0.3) is 0 Å². The molecule has 0 radical (unpaired) electrons. The maximum atomic E-state index is 11.0. The minimum Gasteiger partial charge on any atom is -0.342 e. The van der Waals surface area contributed by atoms with Crippen LogP contribution in [-0.2, 0) is 4.79 Å². The molecule has 90 valence electrons. The van der Waals surface area contributed by atoms with Gasteiger partial charge in [-0.2, -0.15) is 0 Å². The van der Waals surface area contributed by atoms with Crippen molar-refractivity contribution < 1.29 is 4.79 Å².